The van der Waals surface area contributed by atoms with Crippen LogP contribution in [0.2, 0.25) is 5.02 Å². The number of fused-ring (bicyclic) bond motifs is 1. The number of halogens is 1. The molecule has 0 unspecified atom stereocenters. The lowest BCUT2D eigenvalue weighted by Gasteiger charge is -2.14. The van der Waals surface area contributed by atoms with Gasteiger partial charge in [0.1, 0.15) is 23.0 Å². The molecule has 1 heterocycles. The summed E-state index contributed by atoms with van der Waals surface area (Å²) in [5.41, 5.74) is 2.50. The average molecular weight is 449 g/mol. The summed E-state index contributed by atoms with van der Waals surface area (Å²) in [6, 6.07) is 17.8. The van der Waals surface area contributed by atoms with Crippen molar-refractivity contribution in [2.45, 2.75) is 0 Å². The van der Waals surface area contributed by atoms with Crippen molar-refractivity contribution in [3.63, 3.8) is 0 Å². The van der Waals surface area contributed by atoms with Gasteiger partial charge in [-0.2, -0.15) is 0 Å². The summed E-state index contributed by atoms with van der Waals surface area (Å²) in [5.74, 6) is 2.25. The summed E-state index contributed by atoms with van der Waals surface area (Å²) in [5, 5.41) is 0.785. The van der Waals surface area contributed by atoms with E-state index in [1.54, 1.807) is 45.6 Å². The van der Waals surface area contributed by atoms with E-state index in [-0.39, 0.29) is 5.43 Å². The van der Waals surface area contributed by atoms with Crippen LogP contribution in [0.1, 0.15) is 11.1 Å². The van der Waals surface area contributed by atoms with Gasteiger partial charge >= 0.3 is 0 Å². The fourth-order valence-electron chi connectivity index (χ4n) is 3.45. The molecule has 0 fully saturated rings. The molecule has 162 valence electrons. The first kappa shape index (κ1) is 21.5. The third-order valence-corrected chi connectivity index (χ3v) is 5.38. The topological polar surface area (TPSA) is 57.9 Å². The lowest BCUT2D eigenvalue weighted by atomic mass is 10.0. The molecule has 0 N–H and O–H groups in total. The number of ether oxygens (including phenoxy) is 3. The molecule has 4 aromatic rings. The molecule has 0 bridgehead atoms. The van der Waals surface area contributed by atoms with Crippen LogP contribution in [-0.4, -0.2) is 21.3 Å². The molecule has 0 amide bonds. The van der Waals surface area contributed by atoms with E-state index in [0.717, 1.165) is 16.9 Å². The minimum Gasteiger partial charge on any atom is -0.497 e. The van der Waals surface area contributed by atoms with Crippen LogP contribution in [0.15, 0.2) is 69.9 Å². The van der Waals surface area contributed by atoms with E-state index in [4.69, 9.17) is 30.2 Å². The summed E-state index contributed by atoms with van der Waals surface area (Å²) >= 11 is 6.31. The van der Waals surface area contributed by atoms with Crippen LogP contribution in [0, 0.1) is 0 Å². The fraction of sp³-hybridized carbons (Fsp3) is 0.115. The molecule has 4 rings (SSSR count). The second kappa shape index (κ2) is 9.20. The third kappa shape index (κ3) is 4.20. The Balaban J connectivity index is 1.91. The van der Waals surface area contributed by atoms with Crippen LogP contribution in [0.3, 0.4) is 0 Å². The molecule has 0 saturated heterocycles. The van der Waals surface area contributed by atoms with Crippen molar-refractivity contribution in [2.75, 3.05) is 21.3 Å². The summed E-state index contributed by atoms with van der Waals surface area (Å²) in [6.07, 6.45) is 3.86. The highest BCUT2D eigenvalue weighted by molar-refractivity contribution is 6.34. The molecule has 0 atom stereocenters. The van der Waals surface area contributed by atoms with Crippen LogP contribution in [0.5, 0.6) is 17.2 Å². The number of hydrogen-bond acceptors (Lipinski definition) is 5. The van der Waals surface area contributed by atoms with Crippen molar-refractivity contribution in [1.82, 2.24) is 0 Å². The number of methoxy groups -OCH3 is 3. The Morgan fingerprint density at radius 3 is 2.28 bits per heavy atom. The van der Waals surface area contributed by atoms with Gasteiger partial charge in [0, 0.05) is 12.1 Å². The van der Waals surface area contributed by atoms with Crippen LogP contribution in [0.25, 0.3) is 34.4 Å². The summed E-state index contributed by atoms with van der Waals surface area (Å²) < 4.78 is 22.4. The van der Waals surface area contributed by atoms with Gasteiger partial charge in [0.25, 0.3) is 0 Å². The smallest absolute Gasteiger partial charge is 0.193 e. The molecule has 0 radical (unpaired) electrons. The summed E-state index contributed by atoms with van der Waals surface area (Å²) in [4.78, 5) is 12.8. The maximum Gasteiger partial charge on any atom is 0.193 e. The Morgan fingerprint density at radius 2 is 1.59 bits per heavy atom. The van der Waals surface area contributed by atoms with Gasteiger partial charge in [0.2, 0.25) is 0 Å². The lowest BCUT2D eigenvalue weighted by Crippen LogP contribution is -2.02. The number of benzene rings is 3. The summed E-state index contributed by atoms with van der Waals surface area (Å²) in [6.45, 7) is 0. The van der Waals surface area contributed by atoms with Gasteiger partial charge in [-0.1, -0.05) is 42.0 Å². The van der Waals surface area contributed by atoms with Crippen molar-refractivity contribution in [1.29, 1.82) is 0 Å². The highest BCUT2D eigenvalue weighted by atomic mass is 35.5. The molecular formula is C26H21ClO5. The first-order valence-corrected chi connectivity index (χ1v) is 10.2. The Labute approximate surface area is 190 Å². The molecule has 3 aromatic carbocycles. The quantitative estimate of drug-likeness (QED) is 0.323. The molecule has 1 aromatic heterocycles. The SMILES string of the molecule is COc1ccc(/C=C/c2cc(OC)cc(OC)c2-c2cc(=O)c3cccc(Cl)c3o2)cc1. The maximum absolute atomic E-state index is 12.8. The van der Waals surface area contributed by atoms with E-state index < -0.39 is 0 Å². The molecule has 6 heteroatoms. The Morgan fingerprint density at radius 1 is 0.844 bits per heavy atom. The van der Waals surface area contributed by atoms with Gasteiger partial charge in [-0.05, 0) is 41.5 Å². The molecule has 0 saturated carbocycles. The number of rotatable bonds is 6. The second-order valence-corrected chi connectivity index (χ2v) is 7.40. The average Bonchev–Trinajstić information content (AvgIpc) is 2.82. The van der Waals surface area contributed by atoms with Gasteiger partial charge in [-0.3, -0.25) is 4.79 Å². The molecule has 0 spiro atoms. The number of hydrogen-bond donors (Lipinski definition) is 0. The first-order chi connectivity index (χ1) is 15.5. The Hall–Kier alpha value is -3.70. The number of para-hydroxylation sites is 1. The van der Waals surface area contributed by atoms with E-state index in [9.17, 15) is 4.79 Å². The normalized spacial score (nSPS) is 11.1. The van der Waals surface area contributed by atoms with Gasteiger partial charge < -0.3 is 18.6 Å². The van der Waals surface area contributed by atoms with Crippen molar-refractivity contribution >= 4 is 34.7 Å². The standard InChI is InChI=1S/C26H21ClO5/c1-29-18-11-8-16(9-12-18)7-10-17-13-19(30-2)14-23(31-3)25(17)24-15-22(28)20-5-4-6-21(27)26(20)32-24/h4-15H,1-3H3/b10-7+. The zero-order chi connectivity index (χ0) is 22.7. The van der Waals surface area contributed by atoms with Gasteiger partial charge in [0.15, 0.2) is 11.0 Å². The maximum atomic E-state index is 12.8. The first-order valence-electron chi connectivity index (χ1n) is 9.85. The van der Waals surface area contributed by atoms with E-state index in [1.165, 1.54) is 6.07 Å². The van der Waals surface area contributed by atoms with E-state index in [2.05, 4.69) is 0 Å². The molecule has 0 aliphatic rings. The van der Waals surface area contributed by atoms with Crippen molar-refractivity contribution in [3.8, 4) is 28.6 Å². The van der Waals surface area contributed by atoms with Gasteiger partial charge in [-0.15, -0.1) is 0 Å². The van der Waals surface area contributed by atoms with E-state index in [0.29, 0.717) is 38.8 Å². The van der Waals surface area contributed by atoms with Crippen LogP contribution in [0.4, 0.5) is 0 Å². The van der Waals surface area contributed by atoms with Gasteiger partial charge in [-0.25, -0.2) is 0 Å². The molecular weight excluding hydrogens is 428 g/mol. The minimum absolute atomic E-state index is 0.188. The molecule has 5 nitrogen and oxygen atoms in total. The predicted molar refractivity (Wildman–Crippen MR) is 128 cm³/mol. The monoisotopic (exact) mass is 448 g/mol. The van der Waals surface area contributed by atoms with Crippen LogP contribution < -0.4 is 19.6 Å². The largest absolute Gasteiger partial charge is 0.497 e. The molecule has 0 aliphatic heterocycles. The highest BCUT2D eigenvalue weighted by Gasteiger charge is 2.18. The van der Waals surface area contributed by atoms with Crippen LogP contribution in [-0.2, 0) is 0 Å². The predicted octanol–water partition coefficient (Wildman–Crippen LogP) is 6.31. The van der Waals surface area contributed by atoms with Crippen molar-refractivity contribution < 1.29 is 18.6 Å². The summed E-state index contributed by atoms with van der Waals surface area (Å²) in [7, 11) is 4.77. The lowest BCUT2D eigenvalue weighted by molar-refractivity contribution is 0.394. The zero-order valence-electron chi connectivity index (χ0n) is 17.8. The van der Waals surface area contributed by atoms with Crippen molar-refractivity contribution in [2.24, 2.45) is 0 Å². The molecule has 0 aliphatic carbocycles. The highest BCUT2D eigenvalue weighted by Crippen LogP contribution is 2.39. The van der Waals surface area contributed by atoms with E-state index in [1.807, 2.05) is 42.5 Å². The third-order valence-electron chi connectivity index (χ3n) is 5.09. The minimum atomic E-state index is -0.188. The second-order valence-electron chi connectivity index (χ2n) is 6.99. The Kier molecular flexibility index (Phi) is 6.19. The van der Waals surface area contributed by atoms with E-state index >= 15 is 0 Å². The zero-order valence-corrected chi connectivity index (χ0v) is 18.6. The molecule has 32 heavy (non-hydrogen) atoms. The van der Waals surface area contributed by atoms with Crippen molar-refractivity contribution in [3.05, 3.63) is 87.0 Å². The fourth-order valence-corrected chi connectivity index (χ4v) is 3.66. The Bertz CT molecular complexity index is 1350. The van der Waals surface area contributed by atoms with Crippen LogP contribution >= 0.6 is 11.6 Å². The van der Waals surface area contributed by atoms with Gasteiger partial charge in [0.05, 0.1) is 37.3 Å².